The summed E-state index contributed by atoms with van der Waals surface area (Å²) in [6.45, 7) is 1.53. The number of halogens is 4. The van der Waals surface area contributed by atoms with Gasteiger partial charge in [0.15, 0.2) is 0 Å². The number of carbonyl (C=O) groups is 1. The van der Waals surface area contributed by atoms with Gasteiger partial charge in [-0.25, -0.2) is 9.37 Å². The van der Waals surface area contributed by atoms with Crippen LogP contribution in [0.3, 0.4) is 0 Å². The van der Waals surface area contributed by atoms with Gasteiger partial charge >= 0.3 is 6.18 Å². The number of nitrogens with two attached hydrogens (primary N) is 1. The van der Waals surface area contributed by atoms with E-state index in [4.69, 9.17) is 10.8 Å². The summed E-state index contributed by atoms with van der Waals surface area (Å²) >= 11 is 1.21. The fourth-order valence-electron chi connectivity index (χ4n) is 2.87. The number of benzene rings is 1. The molecular formula is C19H18F4N4O2S. The smallest absolute Gasteiger partial charge is 0.391 e. The van der Waals surface area contributed by atoms with E-state index in [2.05, 4.69) is 15.3 Å². The lowest BCUT2D eigenvalue weighted by molar-refractivity contribution is -0.139. The molecule has 1 atom stereocenters. The van der Waals surface area contributed by atoms with Crippen LogP contribution in [0.25, 0.3) is 11.3 Å². The fraction of sp³-hybridized carbons (Fsp3) is 0.263. The van der Waals surface area contributed by atoms with Gasteiger partial charge in [0.25, 0.3) is 5.91 Å². The molecule has 1 aromatic carbocycles. The maximum atomic E-state index is 13.9. The molecule has 0 radical (unpaired) electrons. The maximum Gasteiger partial charge on any atom is 0.419 e. The Morgan fingerprint density at radius 1 is 1.37 bits per heavy atom. The first-order valence-electron chi connectivity index (χ1n) is 8.77. The predicted molar refractivity (Wildman–Crippen MR) is 103 cm³/mol. The van der Waals surface area contributed by atoms with Gasteiger partial charge in [0.2, 0.25) is 0 Å². The summed E-state index contributed by atoms with van der Waals surface area (Å²) in [4.78, 5) is 20.3. The zero-order valence-corrected chi connectivity index (χ0v) is 16.5. The minimum absolute atomic E-state index is 0.0703. The van der Waals surface area contributed by atoms with Gasteiger partial charge in [-0.3, -0.25) is 4.79 Å². The van der Waals surface area contributed by atoms with Gasteiger partial charge in [0, 0.05) is 24.0 Å². The van der Waals surface area contributed by atoms with Crippen LogP contribution in [0.2, 0.25) is 0 Å². The third-order valence-electron chi connectivity index (χ3n) is 4.39. The average Bonchev–Trinajstić information content (AvgIpc) is 3.31. The third-order valence-corrected chi connectivity index (χ3v) is 5.49. The van der Waals surface area contributed by atoms with Gasteiger partial charge in [-0.1, -0.05) is 6.07 Å². The van der Waals surface area contributed by atoms with Crippen molar-refractivity contribution in [2.75, 3.05) is 6.54 Å². The van der Waals surface area contributed by atoms with Crippen molar-refractivity contribution in [3.63, 3.8) is 0 Å². The van der Waals surface area contributed by atoms with E-state index >= 15 is 0 Å². The van der Waals surface area contributed by atoms with Gasteiger partial charge in [0.05, 0.1) is 23.1 Å². The van der Waals surface area contributed by atoms with Crippen LogP contribution < -0.4 is 11.1 Å². The number of carbonyl (C=O) groups excluding carboxylic acids is 1. The Labute approximate surface area is 172 Å². The van der Waals surface area contributed by atoms with Crippen LogP contribution in [-0.4, -0.2) is 27.5 Å². The standard InChI is InChI=1S/C19H18F4N4O2S/c1-9-4-14(10-2-3-12(13(20)5-10)19(21,22)23)26-16(9)17(29)27-15(6-24)18-25-7-11(8-28)30-18/h2-5,7,15,26,28H,6,8,24H2,1H3,(H,27,29)/t15-/m1/s1. The number of hydrogen-bond acceptors (Lipinski definition) is 5. The Morgan fingerprint density at radius 3 is 2.67 bits per heavy atom. The lowest BCUT2D eigenvalue weighted by Crippen LogP contribution is -2.33. The van der Waals surface area contributed by atoms with Crippen molar-refractivity contribution in [1.29, 1.82) is 0 Å². The first kappa shape index (κ1) is 21.9. The van der Waals surface area contributed by atoms with E-state index < -0.39 is 29.5 Å². The number of aliphatic hydroxyl groups is 1. The number of H-pyrrole nitrogens is 1. The van der Waals surface area contributed by atoms with Gasteiger partial charge in [0.1, 0.15) is 16.5 Å². The molecule has 6 nitrogen and oxygen atoms in total. The summed E-state index contributed by atoms with van der Waals surface area (Å²) in [5.41, 5.74) is 5.53. The molecule has 0 saturated heterocycles. The van der Waals surface area contributed by atoms with Gasteiger partial charge < -0.3 is 21.1 Å². The van der Waals surface area contributed by atoms with Gasteiger partial charge in [-0.2, -0.15) is 13.2 Å². The molecule has 0 spiro atoms. The number of aromatic amines is 1. The van der Waals surface area contributed by atoms with E-state index in [1.54, 1.807) is 13.0 Å². The molecule has 2 heterocycles. The number of rotatable bonds is 6. The van der Waals surface area contributed by atoms with Crippen LogP contribution in [0.1, 0.15) is 37.5 Å². The van der Waals surface area contributed by atoms with Crippen molar-refractivity contribution in [2.24, 2.45) is 5.73 Å². The number of aliphatic hydroxyl groups excluding tert-OH is 1. The topological polar surface area (TPSA) is 104 Å². The number of thiazole rings is 1. The Morgan fingerprint density at radius 2 is 2.10 bits per heavy atom. The quantitative estimate of drug-likeness (QED) is 0.439. The van der Waals surface area contributed by atoms with Crippen LogP contribution in [0.4, 0.5) is 17.6 Å². The first-order chi connectivity index (χ1) is 14.1. The summed E-state index contributed by atoms with van der Waals surface area (Å²) in [5, 5.41) is 12.4. The number of aryl methyl sites for hydroxylation is 1. The van der Waals surface area contributed by atoms with E-state index in [1.165, 1.54) is 17.5 Å². The molecule has 0 aliphatic rings. The van der Waals surface area contributed by atoms with Crippen LogP contribution >= 0.6 is 11.3 Å². The van der Waals surface area contributed by atoms with Crippen LogP contribution in [-0.2, 0) is 12.8 Å². The minimum atomic E-state index is -4.79. The molecule has 0 unspecified atom stereocenters. The molecule has 0 aliphatic heterocycles. The molecule has 0 saturated carbocycles. The molecule has 5 N–H and O–H groups in total. The lowest BCUT2D eigenvalue weighted by Gasteiger charge is -2.14. The molecule has 0 aliphatic carbocycles. The Hall–Kier alpha value is -2.76. The number of nitrogens with zero attached hydrogens (tertiary/aromatic N) is 1. The van der Waals surface area contributed by atoms with Gasteiger partial charge in [-0.05, 0) is 30.7 Å². The fourth-order valence-corrected chi connectivity index (χ4v) is 3.71. The molecule has 160 valence electrons. The minimum Gasteiger partial charge on any atom is -0.391 e. The molecular weight excluding hydrogens is 424 g/mol. The predicted octanol–water partition coefficient (Wildman–Crippen LogP) is 3.53. The molecule has 0 fully saturated rings. The number of alkyl halides is 3. The highest BCUT2D eigenvalue weighted by atomic mass is 32.1. The van der Waals surface area contributed by atoms with Crippen LogP contribution in [0.15, 0.2) is 30.5 Å². The monoisotopic (exact) mass is 442 g/mol. The highest BCUT2D eigenvalue weighted by molar-refractivity contribution is 7.11. The van der Waals surface area contributed by atoms with E-state index in [9.17, 15) is 22.4 Å². The number of hydrogen-bond donors (Lipinski definition) is 4. The SMILES string of the molecule is Cc1cc(-c2ccc(C(F)(F)F)c(F)c2)[nH]c1C(=O)N[C@H](CN)c1ncc(CO)s1. The summed E-state index contributed by atoms with van der Waals surface area (Å²) in [6.07, 6.45) is -3.30. The molecule has 30 heavy (non-hydrogen) atoms. The van der Waals surface area contributed by atoms with E-state index in [0.717, 1.165) is 12.1 Å². The van der Waals surface area contributed by atoms with Crippen molar-refractivity contribution in [2.45, 2.75) is 25.7 Å². The average molecular weight is 442 g/mol. The van der Waals surface area contributed by atoms with E-state index in [0.29, 0.717) is 27.2 Å². The van der Waals surface area contributed by atoms with Crippen molar-refractivity contribution in [3.8, 4) is 11.3 Å². The van der Waals surface area contributed by atoms with Crippen LogP contribution in [0, 0.1) is 12.7 Å². The highest BCUT2D eigenvalue weighted by Gasteiger charge is 2.34. The third kappa shape index (κ3) is 4.53. The molecule has 3 rings (SSSR count). The molecule has 0 bridgehead atoms. The van der Waals surface area contributed by atoms with Crippen molar-refractivity contribution in [3.05, 3.63) is 63.0 Å². The van der Waals surface area contributed by atoms with Gasteiger partial charge in [-0.15, -0.1) is 11.3 Å². The van der Waals surface area contributed by atoms with E-state index in [-0.39, 0.29) is 24.4 Å². The summed E-state index contributed by atoms with van der Waals surface area (Å²) in [6, 6.07) is 3.52. The largest absolute Gasteiger partial charge is 0.419 e. The first-order valence-corrected chi connectivity index (χ1v) is 9.58. The zero-order chi connectivity index (χ0) is 22.1. The summed E-state index contributed by atoms with van der Waals surface area (Å²) < 4.78 is 52.1. The zero-order valence-electron chi connectivity index (χ0n) is 15.7. The van der Waals surface area contributed by atoms with E-state index in [1.807, 2.05) is 0 Å². The van der Waals surface area contributed by atoms with Crippen molar-refractivity contribution < 1.29 is 27.5 Å². The van der Waals surface area contributed by atoms with Crippen molar-refractivity contribution >= 4 is 17.2 Å². The normalized spacial score (nSPS) is 12.8. The summed E-state index contributed by atoms with van der Waals surface area (Å²) in [7, 11) is 0. The summed E-state index contributed by atoms with van der Waals surface area (Å²) in [5.74, 6) is -1.90. The Balaban J connectivity index is 1.83. The second-order valence-electron chi connectivity index (χ2n) is 6.52. The Bertz CT molecular complexity index is 1060. The molecule has 1 amide bonds. The maximum absolute atomic E-state index is 13.9. The van der Waals surface area contributed by atoms with Crippen LogP contribution in [0.5, 0.6) is 0 Å². The number of nitrogens with one attached hydrogen (secondary N) is 2. The molecule has 2 aromatic heterocycles. The number of amides is 1. The second-order valence-corrected chi connectivity index (χ2v) is 7.66. The van der Waals surface area contributed by atoms with Crippen molar-refractivity contribution in [1.82, 2.24) is 15.3 Å². The highest BCUT2D eigenvalue weighted by Crippen LogP contribution is 2.33. The molecule has 3 aromatic rings. The second kappa shape index (κ2) is 8.54. The molecule has 11 heteroatoms. The number of aromatic nitrogens is 2. The lowest BCUT2D eigenvalue weighted by atomic mass is 10.1. The Kier molecular flexibility index (Phi) is 6.25.